The molecule has 17 heavy (non-hydrogen) atoms. The fourth-order valence-electron chi connectivity index (χ4n) is 1.44. The number of aryl methyl sites for hydroxylation is 2. The maximum atomic E-state index is 13.5. The number of nitrogen functional groups attached to an aromatic ring is 1. The average molecular weight is 236 g/mol. The second-order valence-electron chi connectivity index (χ2n) is 3.52. The maximum Gasteiger partial charge on any atom is 0.187 e. The van der Waals surface area contributed by atoms with Crippen LogP contribution in [0.1, 0.15) is 12.6 Å². The average Bonchev–Trinajstić information content (AvgIpc) is 2.81. The maximum absolute atomic E-state index is 13.5. The number of halogens is 1. The van der Waals surface area contributed by atoms with Crippen LogP contribution in [-0.2, 0) is 6.54 Å². The number of nitrogens with two attached hydrogens (primary N) is 1. The van der Waals surface area contributed by atoms with Crippen LogP contribution in [0.2, 0.25) is 0 Å². The van der Waals surface area contributed by atoms with Gasteiger partial charge in [0.2, 0.25) is 0 Å². The summed E-state index contributed by atoms with van der Waals surface area (Å²) in [4.78, 5) is 8.06. The monoisotopic (exact) mass is 236 g/mol. The second kappa shape index (κ2) is 4.46. The smallest absolute Gasteiger partial charge is 0.187 e. The van der Waals surface area contributed by atoms with E-state index in [4.69, 9.17) is 5.84 Å². The molecule has 0 atom stereocenters. The van der Waals surface area contributed by atoms with Crippen LogP contribution in [0, 0.1) is 12.7 Å². The predicted octanol–water partition coefficient (Wildman–Crippen LogP) is 1.09. The van der Waals surface area contributed by atoms with Crippen LogP contribution >= 0.6 is 0 Å². The van der Waals surface area contributed by atoms with Crippen LogP contribution in [0.4, 0.5) is 10.2 Å². The second-order valence-corrected chi connectivity index (χ2v) is 3.52. The normalized spacial score (nSPS) is 10.6. The summed E-state index contributed by atoms with van der Waals surface area (Å²) in [7, 11) is 0. The van der Waals surface area contributed by atoms with Gasteiger partial charge in [0, 0.05) is 12.7 Å². The summed E-state index contributed by atoms with van der Waals surface area (Å²) in [6.45, 7) is 4.29. The van der Waals surface area contributed by atoms with Gasteiger partial charge < -0.3 is 5.43 Å². The number of hydrazine groups is 1. The number of nitrogens with zero attached hydrogens (tertiary/aromatic N) is 4. The molecule has 0 saturated heterocycles. The third-order valence-electron chi connectivity index (χ3n) is 2.37. The van der Waals surface area contributed by atoms with E-state index in [1.54, 1.807) is 24.0 Å². The van der Waals surface area contributed by atoms with Crippen molar-refractivity contribution in [1.82, 2.24) is 19.7 Å². The van der Waals surface area contributed by atoms with Gasteiger partial charge in [-0.1, -0.05) is 0 Å². The molecule has 3 N–H and O–H groups in total. The summed E-state index contributed by atoms with van der Waals surface area (Å²) in [5, 5.41) is 4.11. The fraction of sp³-hybridized carbons (Fsp3) is 0.300. The van der Waals surface area contributed by atoms with E-state index in [-0.39, 0.29) is 11.5 Å². The summed E-state index contributed by atoms with van der Waals surface area (Å²) in [5.74, 6) is 5.04. The van der Waals surface area contributed by atoms with Gasteiger partial charge in [-0.3, -0.25) is 4.68 Å². The molecule has 0 unspecified atom stereocenters. The zero-order valence-electron chi connectivity index (χ0n) is 9.61. The lowest BCUT2D eigenvalue weighted by Gasteiger charge is -2.05. The highest BCUT2D eigenvalue weighted by Gasteiger charge is 2.12. The molecule has 0 bridgehead atoms. The molecule has 0 aliphatic carbocycles. The third-order valence-corrected chi connectivity index (χ3v) is 2.37. The molecule has 0 aromatic carbocycles. The van der Waals surface area contributed by atoms with Crippen molar-refractivity contribution in [2.45, 2.75) is 20.4 Å². The first-order valence-electron chi connectivity index (χ1n) is 5.19. The summed E-state index contributed by atoms with van der Waals surface area (Å²) in [6, 6.07) is 0. The number of anilines is 1. The van der Waals surface area contributed by atoms with Gasteiger partial charge in [0.25, 0.3) is 0 Å². The Bertz CT molecular complexity index is 536. The number of rotatable bonds is 3. The van der Waals surface area contributed by atoms with Crippen molar-refractivity contribution >= 4 is 5.82 Å². The third kappa shape index (κ3) is 2.09. The Morgan fingerprint density at radius 2 is 2.24 bits per heavy atom. The molecule has 7 heteroatoms. The van der Waals surface area contributed by atoms with Crippen LogP contribution in [0.15, 0.2) is 12.4 Å². The van der Waals surface area contributed by atoms with E-state index in [0.717, 1.165) is 12.1 Å². The van der Waals surface area contributed by atoms with Gasteiger partial charge in [0.05, 0.1) is 17.5 Å². The topological polar surface area (TPSA) is 81.7 Å². The van der Waals surface area contributed by atoms with Crippen molar-refractivity contribution in [2.24, 2.45) is 5.84 Å². The van der Waals surface area contributed by atoms with Gasteiger partial charge in [-0.15, -0.1) is 0 Å². The van der Waals surface area contributed by atoms with Crippen molar-refractivity contribution in [3.8, 4) is 11.4 Å². The first kappa shape index (κ1) is 11.5. The minimum absolute atomic E-state index is 0.0169. The highest BCUT2D eigenvalue weighted by Crippen LogP contribution is 2.19. The van der Waals surface area contributed by atoms with Crippen molar-refractivity contribution in [2.75, 3.05) is 5.43 Å². The first-order chi connectivity index (χ1) is 8.15. The van der Waals surface area contributed by atoms with Gasteiger partial charge in [-0.25, -0.2) is 20.2 Å². The number of nitrogens with one attached hydrogen (secondary N) is 1. The standard InChI is InChI=1S/C10H13FN6/c1-3-17-5-7(4-13-17)9-14-6(2)8(11)10(15-9)16-12/h4-5H,3,12H2,1-2H3,(H,14,15,16). The van der Waals surface area contributed by atoms with E-state index in [2.05, 4.69) is 20.5 Å². The van der Waals surface area contributed by atoms with Crippen molar-refractivity contribution in [3.63, 3.8) is 0 Å². The minimum Gasteiger partial charge on any atom is -0.306 e. The molecule has 90 valence electrons. The number of hydrogen-bond donors (Lipinski definition) is 2. The summed E-state index contributed by atoms with van der Waals surface area (Å²) in [6.07, 6.45) is 3.43. The van der Waals surface area contributed by atoms with Crippen LogP contribution in [0.5, 0.6) is 0 Å². The molecule has 0 radical (unpaired) electrons. The Hall–Kier alpha value is -2.02. The first-order valence-corrected chi connectivity index (χ1v) is 5.19. The Kier molecular flexibility index (Phi) is 3.01. The van der Waals surface area contributed by atoms with E-state index in [9.17, 15) is 4.39 Å². The molecule has 6 nitrogen and oxygen atoms in total. The SMILES string of the molecule is CCn1cc(-c2nc(C)c(F)c(NN)n2)cn1. The van der Waals surface area contributed by atoms with Crippen molar-refractivity contribution < 1.29 is 4.39 Å². The fourth-order valence-corrected chi connectivity index (χ4v) is 1.44. The lowest BCUT2D eigenvalue weighted by Crippen LogP contribution is -2.12. The molecule has 0 fully saturated rings. The number of hydrogen-bond acceptors (Lipinski definition) is 5. The zero-order chi connectivity index (χ0) is 12.4. The van der Waals surface area contributed by atoms with E-state index in [1.165, 1.54) is 0 Å². The molecule has 2 heterocycles. The van der Waals surface area contributed by atoms with E-state index in [0.29, 0.717) is 5.82 Å². The van der Waals surface area contributed by atoms with Gasteiger partial charge in [-0.2, -0.15) is 5.10 Å². The van der Waals surface area contributed by atoms with Gasteiger partial charge in [0.15, 0.2) is 17.5 Å². The molecular formula is C10H13FN6. The lowest BCUT2D eigenvalue weighted by molar-refractivity contribution is 0.606. The largest absolute Gasteiger partial charge is 0.306 e. The molecule has 0 amide bonds. The molecule has 2 aromatic rings. The molecule has 0 saturated carbocycles. The Balaban J connectivity index is 2.48. The Morgan fingerprint density at radius 3 is 2.82 bits per heavy atom. The van der Waals surface area contributed by atoms with Crippen LogP contribution in [0.3, 0.4) is 0 Å². The quantitative estimate of drug-likeness (QED) is 0.616. The Morgan fingerprint density at radius 1 is 1.47 bits per heavy atom. The molecular weight excluding hydrogens is 223 g/mol. The van der Waals surface area contributed by atoms with Crippen LogP contribution in [0.25, 0.3) is 11.4 Å². The highest BCUT2D eigenvalue weighted by molar-refractivity contribution is 5.55. The lowest BCUT2D eigenvalue weighted by atomic mass is 10.3. The van der Waals surface area contributed by atoms with E-state index in [1.807, 2.05) is 6.92 Å². The van der Waals surface area contributed by atoms with Crippen LogP contribution < -0.4 is 11.3 Å². The predicted molar refractivity (Wildman–Crippen MR) is 61.4 cm³/mol. The van der Waals surface area contributed by atoms with Gasteiger partial charge in [-0.05, 0) is 13.8 Å². The van der Waals surface area contributed by atoms with Gasteiger partial charge >= 0.3 is 0 Å². The Labute approximate surface area is 97.7 Å². The zero-order valence-corrected chi connectivity index (χ0v) is 9.61. The van der Waals surface area contributed by atoms with Crippen molar-refractivity contribution in [3.05, 3.63) is 23.9 Å². The molecule has 2 aromatic heterocycles. The highest BCUT2D eigenvalue weighted by atomic mass is 19.1. The van der Waals surface area contributed by atoms with Crippen LogP contribution in [-0.4, -0.2) is 19.7 Å². The molecule has 0 spiro atoms. The van der Waals surface area contributed by atoms with Crippen molar-refractivity contribution in [1.29, 1.82) is 0 Å². The van der Waals surface area contributed by atoms with E-state index >= 15 is 0 Å². The van der Waals surface area contributed by atoms with Gasteiger partial charge in [0.1, 0.15) is 0 Å². The molecule has 0 aliphatic heterocycles. The summed E-state index contributed by atoms with van der Waals surface area (Å²) in [5.41, 5.74) is 3.18. The number of aromatic nitrogens is 4. The summed E-state index contributed by atoms with van der Waals surface area (Å²) >= 11 is 0. The minimum atomic E-state index is -0.542. The van der Waals surface area contributed by atoms with E-state index < -0.39 is 5.82 Å². The molecule has 0 aliphatic rings. The summed E-state index contributed by atoms with van der Waals surface area (Å²) < 4.78 is 15.2. The molecule has 2 rings (SSSR count).